The molecule has 3 aromatic carbocycles. The Hall–Kier alpha value is -3.75. The monoisotopic (exact) mass is 534 g/mol. The Balaban J connectivity index is 1.03. The molecule has 0 bridgehead atoms. The normalized spacial score (nSPS) is 14.4. The second-order valence-corrected chi connectivity index (χ2v) is 9.79. The van der Waals surface area contributed by atoms with Crippen molar-refractivity contribution in [2.75, 3.05) is 13.1 Å². The predicted octanol–water partition coefficient (Wildman–Crippen LogP) is 5.64. The molecular weight excluding hydrogens is 507 g/mol. The minimum absolute atomic E-state index is 0.0192. The van der Waals surface area contributed by atoms with Crippen molar-refractivity contribution >= 4 is 17.5 Å². The Bertz CT molecular complexity index is 1350. The summed E-state index contributed by atoms with van der Waals surface area (Å²) in [5.41, 5.74) is 2.71. The average molecular weight is 535 g/mol. The van der Waals surface area contributed by atoms with Crippen molar-refractivity contribution in [1.29, 1.82) is 0 Å². The number of piperidine rings is 1. The fourth-order valence-corrected chi connectivity index (χ4v) is 4.58. The van der Waals surface area contributed by atoms with E-state index in [9.17, 15) is 9.18 Å². The van der Waals surface area contributed by atoms with Gasteiger partial charge in [-0.05, 0) is 73.5 Å². The van der Waals surface area contributed by atoms with Gasteiger partial charge in [0.1, 0.15) is 18.2 Å². The molecule has 7 nitrogen and oxygen atoms in total. The van der Waals surface area contributed by atoms with Crippen LogP contribution >= 0.6 is 11.6 Å². The molecule has 9 heteroatoms. The van der Waals surface area contributed by atoms with Crippen molar-refractivity contribution in [3.63, 3.8) is 0 Å². The second kappa shape index (κ2) is 12.2. The van der Waals surface area contributed by atoms with Gasteiger partial charge in [0, 0.05) is 23.0 Å². The van der Waals surface area contributed by atoms with Crippen LogP contribution in [0.3, 0.4) is 0 Å². The zero-order valence-corrected chi connectivity index (χ0v) is 21.5. The summed E-state index contributed by atoms with van der Waals surface area (Å²) in [6.07, 6.45) is 1.55. The molecule has 0 unspecified atom stereocenters. The van der Waals surface area contributed by atoms with Gasteiger partial charge in [0.25, 0.3) is 0 Å². The van der Waals surface area contributed by atoms with Crippen molar-refractivity contribution < 1.29 is 18.4 Å². The Morgan fingerprint density at radius 1 is 1.05 bits per heavy atom. The van der Waals surface area contributed by atoms with E-state index in [0.717, 1.165) is 48.4 Å². The molecule has 1 aromatic heterocycles. The maximum atomic E-state index is 13.0. The highest BCUT2D eigenvalue weighted by atomic mass is 35.5. The Labute approximate surface area is 225 Å². The van der Waals surface area contributed by atoms with Crippen molar-refractivity contribution in [1.82, 2.24) is 20.4 Å². The summed E-state index contributed by atoms with van der Waals surface area (Å²) in [7, 11) is 0. The third kappa shape index (κ3) is 6.96. The van der Waals surface area contributed by atoms with Crippen LogP contribution in [0.5, 0.6) is 5.75 Å². The van der Waals surface area contributed by atoms with Crippen LogP contribution < -0.4 is 10.1 Å². The van der Waals surface area contributed by atoms with Crippen LogP contribution in [0.25, 0.3) is 11.4 Å². The number of hydrogen-bond acceptors (Lipinski definition) is 6. The highest BCUT2D eigenvalue weighted by molar-refractivity contribution is 6.30. The number of halogens is 2. The molecule has 0 saturated carbocycles. The smallest absolute Gasteiger partial charge is 0.241 e. The largest absolute Gasteiger partial charge is 0.489 e. The first kappa shape index (κ1) is 25.9. The number of benzene rings is 3. The van der Waals surface area contributed by atoms with Crippen LogP contribution in [0, 0.1) is 11.7 Å². The first-order chi connectivity index (χ1) is 18.5. The van der Waals surface area contributed by atoms with Crippen molar-refractivity contribution in [3.05, 3.63) is 101 Å². The van der Waals surface area contributed by atoms with Gasteiger partial charge in [0.2, 0.25) is 17.6 Å². The third-order valence-electron chi connectivity index (χ3n) is 6.58. The fourth-order valence-electron chi connectivity index (χ4n) is 4.39. The zero-order valence-electron chi connectivity index (χ0n) is 20.8. The lowest BCUT2D eigenvalue weighted by Gasteiger charge is -2.30. The average Bonchev–Trinajstić information content (AvgIpc) is 3.41. The molecule has 0 atom stereocenters. The highest BCUT2D eigenvalue weighted by Crippen LogP contribution is 2.23. The van der Waals surface area contributed by atoms with Crippen LogP contribution in [0.2, 0.25) is 5.02 Å². The first-order valence-electron chi connectivity index (χ1n) is 12.6. The van der Waals surface area contributed by atoms with E-state index in [1.54, 1.807) is 24.3 Å². The molecule has 1 aliphatic heterocycles. The van der Waals surface area contributed by atoms with Gasteiger partial charge in [-0.25, -0.2) is 4.39 Å². The summed E-state index contributed by atoms with van der Waals surface area (Å²) < 4.78 is 24.2. The number of nitrogens with zero attached hydrogens (tertiary/aromatic N) is 3. The summed E-state index contributed by atoms with van der Waals surface area (Å²) in [6, 6.07) is 21.2. The second-order valence-electron chi connectivity index (χ2n) is 9.35. The van der Waals surface area contributed by atoms with Gasteiger partial charge >= 0.3 is 0 Å². The van der Waals surface area contributed by atoms with E-state index in [2.05, 4.69) is 20.4 Å². The minimum atomic E-state index is -0.265. The van der Waals surface area contributed by atoms with Gasteiger partial charge in [-0.3, -0.25) is 9.69 Å². The van der Waals surface area contributed by atoms with E-state index < -0.39 is 0 Å². The topological polar surface area (TPSA) is 80.5 Å². The number of carbonyl (C=O) groups excluding carboxylic acids is 1. The van der Waals surface area contributed by atoms with Crippen molar-refractivity contribution in [3.8, 4) is 17.1 Å². The number of amides is 1. The molecule has 0 spiro atoms. The highest BCUT2D eigenvalue weighted by Gasteiger charge is 2.26. The van der Waals surface area contributed by atoms with E-state index in [1.165, 1.54) is 12.1 Å². The molecule has 0 radical (unpaired) electrons. The molecule has 2 heterocycles. The van der Waals surface area contributed by atoms with Gasteiger partial charge < -0.3 is 14.6 Å². The van der Waals surface area contributed by atoms with Crippen molar-refractivity contribution in [2.24, 2.45) is 5.92 Å². The molecule has 0 aliphatic carbocycles. The minimum Gasteiger partial charge on any atom is -0.489 e. The van der Waals surface area contributed by atoms with Crippen molar-refractivity contribution in [2.45, 2.75) is 32.5 Å². The lowest BCUT2D eigenvalue weighted by molar-refractivity contribution is -0.126. The molecule has 1 saturated heterocycles. The quantitative estimate of drug-likeness (QED) is 0.299. The fraction of sp³-hybridized carbons (Fsp3) is 0.276. The van der Waals surface area contributed by atoms with Crippen LogP contribution in [-0.4, -0.2) is 34.0 Å². The molecule has 4 aromatic rings. The maximum Gasteiger partial charge on any atom is 0.241 e. The maximum absolute atomic E-state index is 13.0. The number of carbonyl (C=O) groups is 1. The molecular formula is C29H28ClFN4O3. The molecule has 1 aliphatic rings. The molecule has 1 amide bonds. The van der Waals surface area contributed by atoms with E-state index in [4.69, 9.17) is 20.9 Å². The molecule has 5 rings (SSSR count). The van der Waals surface area contributed by atoms with Crippen LogP contribution in [0.15, 0.2) is 77.3 Å². The summed E-state index contributed by atoms with van der Waals surface area (Å²) in [5.74, 6) is 1.57. The molecule has 1 N–H and O–H groups in total. The summed E-state index contributed by atoms with van der Waals surface area (Å²) >= 11 is 6.05. The third-order valence-corrected chi connectivity index (χ3v) is 6.81. The lowest BCUT2D eigenvalue weighted by Crippen LogP contribution is -2.40. The molecule has 1 fully saturated rings. The van der Waals surface area contributed by atoms with Gasteiger partial charge in [0.05, 0.1) is 6.54 Å². The first-order valence-corrected chi connectivity index (χ1v) is 12.9. The number of aromatic nitrogens is 2. The Morgan fingerprint density at radius 3 is 2.53 bits per heavy atom. The van der Waals surface area contributed by atoms with Gasteiger partial charge in [0.15, 0.2) is 0 Å². The standard InChI is InChI=1S/C29H28ClFN4O3/c30-24-3-1-2-23(16-24)28-33-27(38-34-28)18-35-14-12-22(13-15-35)29(36)32-17-20-6-10-26(11-7-20)37-19-21-4-8-25(31)9-5-21/h1-11,16,22H,12-15,17-19H2,(H,32,36). The summed E-state index contributed by atoms with van der Waals surface area (Å²) in [5, 5.41) is 7.75. The van der Waals surface area contributed by atoms with Gasteiger partial charge in [-0.2, -0.15) is 4.98 Å². The number of rotatable bonds is 9. The number of ether oxygens (including phenoxy) is 1. The number of hydrogen-bond donors (Lipinski definition) is 1. The van der Waals surface area contributed by atoms with Crippen LogP contribution in [0.1, 0.15) is 29.9 Å². The van der Waals surface area contributed by atoms with Crippen LogP contribution in [-0.2, 0) is 24.5 Å². The molecule has 38 heavy (non-hydrogen) atoms. The SMILES string of the molecule is O=C(NCc1ccc(OCc2ccc(F)cc2)cc1)C1CCN(Cc2nc(-c3cccc(Cl)c3)no2)CC1. The predicted molar refractivity (Wildman–Crippen MR) is 142 cm³/mol. The van der Waals surface area contributed by atoms with E-state index in [-0.39, 0.29) is 17.6 Å². The number of nitrogens with one attached hydrogen (secondary N) is 1. The number of likely N-dealkylation sites (tertiary alicyclic amines) is 1. The summed E-state index contributed by atoms with van der Waals surface area (Å²) in [6.45, 7) is 2.95. The van der Waals surface area contributed by atoms with Gasteiger partial charge in [-0.15, -0.1) is 0 Å². The Kier molecular flexibility index (Phi) is 8.31. The Morgan fingerprint density at radius 2 is 1.79 bits per heavy atom. The molecule has 196 valence electrons. The van der Waals surface area contributed by atoms with E-state index in [0.29, 0.717) is 36.4 Å². The van der Waals surface area contributed by atoms with E-state index >= 15 is 0 Å². The van der Waals surface area contributed by atoms with E-state index in [1.807, 2.05) is 36.4 Å². The zero-order chi connectivity index (χ0) is 26.3. The lowest BCUT2D eigenvalue weighted by atomic mass is 9.96. The van der Waals surface area contributed by atoms with Crippen LogP contribution in [0.4, 0.5) is 4.39 Å². The summed E-state index contributed by atoms with van der Waals surface area (Å²) in [4.78, 5) is 19.5. The van der Waals surface area contributed by atoms with Gasteiger partial charge in [-0.1, -0.05) is 53.2 Å².